The number of nitrogens with zero attached hydrogens (tertiary/aromatic N) is 1. The van der Waals surface area contributed by atoms with E-state index in [1.54, 1.807) is 27.7 Å². The molecule has 1 saturated heterocycles. The molecule has 1 aliphatic rings. The molecule has 1 aliphatic heterocycles. The summed E-state index contributed by atoms with van der Waals surface area (Å²) in [5.74, 6) is -0.836. The maximum absolute atomic E-state index is 11.8. The van der Waals surface area contributed by atoms with Gasteiger partial charge in [-0.1, -0.05) is 0 Å². The number of ether oxygens (including phenoxy) is 2. The van der Waals surface area contributed by atoms with E-state index in [0.29, 0.717) is 13.1 Å². The minimum atomic E-state index is -0.610. The van der Waals surface area contributed by atoms with Gasteiger partial charge in [-0.05, 0) is 27.7 Å². The van der Waals surface area contributed by atoms with Crippen LogP contribution in [0.3, 0.4) is 0 Å². The highest BCUT2D eigenvalue weighted by Crippen LogP contribution is 2.23. The van der Waals surface area contributed by atoms with Crippen molar-refractivity contribution in [3.63, 3.8) is 0 Å². The van der Waals surface area contributed by atoms with Crippen LogP contribution in [-0.4, -0.2) is 48.0 Å². The average Bonchev–Trinajstić information content (AvgIpc) is 2.25. The first-order chi connectivity index (χ1) is 9.69. The quantitative estimate of drug-likeness (QED) is 0.462. The van der Waals surface area contributed by atoms with Gasteiger partial charge in [-0.25, -0.2) is 9.59 Å². The van der Waals surface area contributed by atoms with Crippen LogP contribution in [0.2, 0.25) is 0 Å². The highest BCUT2D eigenvalue weighted by atomic mass is 16.6. The number of nitrogens with one attached hydrogen (secondary N) is 1. The number of likely N-dealkylation sites (tertiary alicyclic amines) is 1. The summed E-state index contributed by atoms with van der Waals surface area (Å²) < 4.78 is 10.1. The lowest BCUT2D eigenvalue weighted by Crippen LogP contribution is -2.54. The first-order valence-electron chi connectivity index (χ1n) is 6.85. The Balaban J connectivity index is 2.54. The van der Waals surface area contributed by atoms with Crippen molar-refractivity contribution in [3.8, 4) is 0 Å². The second-order valence-corrected chi connectivity index (χ2v) is 5.80. The second kappa shape index (κ2) is 6.60. The van der Waals surface area contributed by atoms with E-state index >= 15 is 0 Å². The Morgan fingerprint density at radius 3 is 2.38 bits per heavy atom. The monoisotopic (exact) mass is 297 g/mol. The molecule has 0 bridgehead atoms. The van der Waals surface area contributed by atoms with Crippen molar-refractivity contribution in [2.75, 3.05) is 19.7 Å². The van der Waals surface area contributed by atoms with Crippen LogP contribution in [0.25, 0.3) is 0 Å². The fourth-order valence-corrected chi connectivity index (χ4v) is 1.83. The van der Waals surface area contributed by atoms with Gasteiger partial charge in [0.1, 0.15) is 5.60 Å². The summed E-state index contributed by atoms with van der Waals surface area (Å²) in [6, 6.07) is 0. The van der Waals surface area contributed by atoms with Gasteiger partial charge in [0.05, 0.1) is 17.9 Å². The molecule has 3 N–H and O–H groups in total. The van der Waals surface area contributed by atoms with Crippen LogP contribution >= 0.6 is 0 Å². The molecule has 0 unspecified atom stereocenters. The molecule has 0 aromatic carbocycles. The summed E-state index contributed by atoms with van der Waals surface area (Å²) in [6.45, 7) is 7.96. The smallest absolute Gasteiger partial charge is 0.410 e. The fourth-order valence-electron chi connectivity index (χ4n) is 1.83. The molecule has 1 amide bonds. The largest absolute Gasteiger partial charge is 0.462 e. The lowest BCUT2D eigenvalue weighted by Gasteiger charge is -2.40. The normalized spacial score (nSPS) is 16.2. The van der Waals surface area contributed by atoms with E-state index in [-0.39, 0.29) is 23.8 Å². The van der Waals surface area contributed by atoms with Crippen molar-refractivity contribution < 1.29 is 19.1 Å². The van der Waals surface area contributed by atoms with E-state index < -0.39 is 17.7 Å². The van der Waals surface area contributed by atoms with Crippen molar-refractivity contribution in [1.82, 2.24) is 4.90 Å². The molecule has 0 saturated carbocycles. The van der Waals surface area contributed by atoms with Crippen LogP contribution in [0.5, 0.6) is 0 Å². The lowest BCUT2D eigenvalue weighted by molar-refractivity contribution is -0.137. The standard InChI is InChI=1S/C14H23N3O4/c1-5-20-12(18)10(6-15)11(16)9-7-17(8-9)13(19)21-14(2,3)4/h6,9,16H,5,7-8,15H2,1-4H3/b10-6+,16-11?. The van der Waals surface area contributed by atoms with Gasteiger partial charge in [0.25, 0.3) is 0 Å². The van der Waals surface area contributed by atoms with E-state index in [1.807, 2.05) is 0 Å². The fraction of sp³-hybridized carbons (Fsp3) is 0.643. The van der Waals surface area contributed by atoms with E-state index in [9.17, 15) is 9.59 Å². The topological polar surface area (TPSA) is 106 Å². The van der Waals surface area contributed by atoms with Gasteiger partial charge in [-0.3, -0.25) is 0 Å². The zero-order valence-corrected chi connectivity index (χ0v) is 12.9. The highest BCUT2D eigenvalue weighted by molar-refractivity contribution is 6.19. The van der Waals surface area contributed by atoms with Crippen molar-refractivity contribution in [1.29, 1.82) is 5.41 Å². The molecule has 1 fully saturated rings. The molecule has 0 aromatic heterocycles. The molecule has 0 aliphatic carbocycles. The number of esters is 1. The third-order valence-electron chi connectivity index (χ3n) is 2.89. The molecule has 7 heteroatoms. The van der Waals surface area contributed by atoms with Gasteiger partial charge in [0.2, 0.25) is 0 Å². The van der Waals surface area contributed by atoms with Crippen LogP contribution in [0.1, 0.15) is 27.7 Å². The Bertz CT molecular complexity index is 459. The lowest BCUT2D eigenvalue weighted by atomic mass is 9.90. The maximum atomic E-state index is 11.8. The SMILES string of the molecule is CCOC(=O)/C(=C/N)C(=N)C1CN(C(=O)OC(C)(C)C)C1. The Labute approximate surface area is 124 Å². The molecule has 0 spiro atoms. The Kier molecular flexibility index (Phi) is 5.34. The Hall–Kier alpha value is -2.05. The summed E-state index contributed by atoms with van der Waals surface area (Å²) in [6.07, 6.45) is 0.664. The van der Waals surface area contributed by atoms with Crippen molar-refractivity contribution >= 4 is 17.8 Å². The number of nitrogens with two attached hydrogens (primary N) is 1. The molecule has 0 radical (unpaired) electrons. The maximum Gasteiger partial charge on any atom is 0.410 e. The summed E-state index contributed by atoms with van der Waals surface area (Å²) in [5, 5.41) is 7.99. The molecular formula is C14H23N3O4. The van der Waals surface area contributed by atoms with Gasteiger partial charge in [0, 0.05) is 25.2 Å². The number of hydrogen-bond acceptors (Lipinski definition) is 6. The minimum Gasteiger partial charge on any atom is -0.462 e. The van der Waals surface area contributed by atoms with E-state index in [2.05, 4.69) is 0 Å². The third-order valence-corrected chi connectivity index (χ3v) is 2.89. The Morgan fingerprint density at radius 1 is 1.38 bits per heavy atom. The first-order valence-corrected chi connectivity index (χ1v) is 6.85. The molecule has 21 heavy (non-hydrogen) atoms. The van der Waals surface area contributed by atoms with E-state index in [1.165, 1.54) is 4.90 Å². The molecule has 118 valence electrons. The zero-order valence-electron chi connectivity index (χ0n) is 12.9. The second-order valence-electron chi connectivity index (χ2n) is 5.80. The Morgan fingerprint density at radius 2 is 1.95 bits per heavy atom. The average molecular weight is 297 g/mol. The molecule has 1 heterocycles. The van der Waals surface area contributed by atoms with Crippen LogP contribution < -0.4 is 5.73 Å². The zero-order chi connectivity index (χ0) is 16.2. The number of amides is 1. The predicted molar refractivity (Wildman–Crippen MR) is 77.9 cm³/mol. The molecule has 1 rings (SSSR count). The number of carbonyl (C=O) groups is 2. The molecule has 7 nitrogen and oxygen atoms in total. The first kappa shape index (κ1) is 17.0. The summed E-state index contributed by atoms with van der Waals surface area (Å²) in [7, 11) is 0. The van der Waals surface area contributed by atoms with Crippen molar-refractivity contribution in [3.05, 3.63) is 11.8 Å². The van der Waals surface area contributed by atoms with Crippen LogP contribution in [0.4, 0.5) is 4.79 Å². The van der Waals surface area contributed by atoms with Crippen LogP contribution in [0.15, 0.2) is 11.8 Å². The van der Waals surface area contributed by atoms with E-state index in [4.69, 9.17) is 20.6 Å². The van der Waals surface area contributed by atoms with Crippen LogP contribution in [-0.2, 0) is 14.3 Å². The van der Waals surface area contributed by atoms with E-state index in [0.717, 1.165) is 6.20 Å². The number of rotatable bonds is 4. The number of carbonyl (C=O) groups excluding carboxylic acids is 2. The summed E-state index contributed by atoms with van der Waals surface area (Å²) >= 11 is 0. The van der Waals surface area contributed by atoms with Crippen molar-refractivity contribution in [2.24, 2.45) is 11.7 Å². The van der Waals surface area contributed by atoms with Gasteiger partial charge < -0.3 is 25.5 Å². The summed E-state index contributed by atoms with van der Waals surface area (Å²) in [4.78, 5) is 24.9. The number of hydrogen-bond donors (Lipinski definition) is 2. The van der Waals surface area contributed by atoms with Crippen molar-refractivity contribution in [2.45, 2.75) is 33.3 Å². The van der Waals surface area contributed by atoms with Gasteiger partial charge >= 0.3 is 12.1 Å². The minimum absolute atomic E-state index is 0.0469. The van der Waals surface area contributed by atoms with Gasteiger partial charge in [-0.2, -0.15) is 0 Å². The predicted octanol–water partition coefficient (Wildman–Crippen LogP) is 1.28. The summed E-state index contributed by atoms with van der Waals surface area (Å²) in [5.41, 5.74) is 4.98. The molecule has 0 aromatic rings. The van der Waals surface area contributed by atoms with Crippen LogP contribution in [0, 0.1) is 11.3 Å². The third kappa shape index (κ3) is 4.47. The van der Waals surface area contributed by atoms with Gasteiger partial charge in [0.15, 0.2) is 0 Å². The molecule has 0 atom stereocenters. The highest BCUT2D eigenvalue weighted by Gasteiger charge is 2.38. The molecular weight excluding hydrogens is 274 g/mol. The van der Waals surface area contributed by atoms with Gasteiger partial charge in [-0.15, -0.1) is 0 Å².